The van der Waals surface area contributed by atoms with E-state index in [-0.39, 0.29) is 24.0 Å². The van der Waals surface area contributed by atoms with Crippen LogP contribution in [0, 0.1) is 0 Å². The average molecular weight is 423 g/mol. The summed E-state index contributed by atoms with van der Waals surface area (Å²) in [5.74, 6) is 0.837. The van der Waals surface area contributed by atoms with Crippen molar-refractivity contribution in [1.82, 2.24) is 10.2 Å². The van der Waals surface area contributed by atoms with Crippen LogP contribution < -0.4 is 10.1 Å². The van der Waals surface area contributed by atoms with E-state index in [2.05, 4.69) is 17.4 Å². The fourth-order valence-electron chi connectivity index (χ4n) is 4.40. The number of likely N-dealkylation sites (tertiary alicyclic amines) is 1. The highest BCUT2D eigenvalue weighted by Crippen LogP contribution is 2.31. The zero-order valence-corrected chi connectivity index (χ0v) is 18.0. The number of carbonyl (C=O) groups is 2. The SMILES string of the molecule is COCCC(=O)N1CCC(Oc2ccc(C(=O)N[C@H]3CCc4ccccc43)cc2)CC1. The van der Waals surface area contributed by atoms with E-state index in [1.165, 1.54) is 11.1 Å². The number of nitrogens with zero attached hydrogens (tertiary/aromatic N) is 1. The monoisotopic (exact) mass is 422 g/mol. The third-order valence-corrected chi connectivity index (χ3v) is 6.17. The molecular weight excluding hydrogens is 392 g/mol. The van der Waals surface area contributed by atoms with Gasteiger partial charge >= 0.3 is 0 Å². The summed E-state index contributed by atoms with van der Waals surface area (Å²) in [5.41, 5.74) is 3.18. The van der Waals surface area contributed by atoms with E-state index in [4.69, 9.17) is 9.47 Å². The molecule has 0 aromatic heterocycles. The summed E-state index contributed by atoms with van der Waals surface area (Å²) in [5, 5.41) is 3.16. The number of carbonyl (C=O) groups excluding carboxylic acids is 2. The summed E-state index contributed by atoms with van der Waals surface area (Å²) in [4.78, 5) is 26.7. The van der Waals surface area contributed by atoms with Crippen molar-refractivity contribution >= 4 is 11.8 Å². The first-order chi connectivity index (χ1) is 15.1. The van der Waals surface area contributed by atoms with Gasteiger partial charge in [0, 0.05) is 38.6 Å². The van der Waals surface area contributed by atoms with Gasteiger partial charge in [-0.05, 0) is 48.2 Å². The molecule has 4 rings (SSSR count). The molecule has 0 unspecified atom stereocenters. The fraction of sp³-hybridized carbons (Fsp3) is 0.440. The van der Waals surface area contributed by atoms with Crippen LogP contribution in [0.15, 0.2) is 48.5 Å². The standard InChI is InChI=1S/C25H30N2O4/c1-30-17-14-24(28)27-15-12-21(13-16-27)31-20-9-6-19(7-10-20)25(29)26-23-11-8-18-4-2-3-5-22(18)23/h2-7,9-10,21,23H,8,11-17H2,1H3,(H,26,29)/t23-/m0/s1. The number of hydrogen-bond donors (Lipinski definition) is 1. The molecule has 1 fully saturated rings. The second-order valence-electron chi connectivity index (χ2n) is 8.23. The number of fused-ring (bicyclic) bond motifs is 1. The van der Waals surface area contributed by atoms with E-state index >= 15 is 0 Å². The van der Waals surface area contributed by atoms with Crippen molar-refractivity contribution < 1.29 is 19.1 Å². The third kappa shape index (κ3) is 5.25. The molecule has 164 valence electrons. The Hall–Kier alpha value is -2.86. The molecule has 1 heterocycles. The van der Waals surface area contributed by atoms with Crippen LogP contribution in [0.4, 0.5) is 0 Å². The van der Waals surface area contributed by atoms with Gasteiger partial charge in [0.1, 0.15) is 11.9 Å². The van der Waals surface area contributed by atoms with Crippen LogP contribution in [0.5, 0.6) is 5.75 Å². The zero-order chi connectivity index (χ0) is 21.6. The summed E-state index contributed by atoms with van der Waals surface area (Å²) in [6.07, 6.45) is 4.08. The van der Waals surface area contributed by atoms with Crippen LogP contribution in [0.2, 0.25) is 0 Å². The Morgan fingerprint density at radius 1 is 1.03 bits per heavy atom. The number of aryl methyl sites for hydroxylation is 1. The van der Waals surface area contributed by atoms with Gasteiger partial charge in [-0.2, -0.15) is 0 Å². The Balaban J connectivity index is 1.26. The maximum absolute atomic E-state index is 12.7. The Bertz CT molecular complexity index is 904. The minimum atomic E-state index is -0.0591. The average Bonchev–Trinajstić information content (AvgIpc) is 3.21. The summed E-state index contributed by atoms with van der Waals surface area (Å²) in [6, 6.07) is 15.7. The van der Waals surface area contributed by atoms with Crippen molar-refractivity contribution in [2.45, 2.75) is 44.2 Å². The van der Waals surface area contributed by atoms with Crippen molar-refractivity contribution in [1.29, 1.82) is 0 Å². The maximum Gasteiger partial charge on any atom is 0.251 e. The van der Waals surface area contributed by atoms with Crippen molar-refractivity contribution in [3.63, 3.8) is 0 Å². The lowest BCUT2D eigenvalue weighted by atomic mass is 10.1. The largest absolute Gasteiger partial charge is 0.490 e. The lowest BCUT2D eigenvalue weighted by Gasteiger charge is -2.32. The van der Waals surface area contributed by atoms with Crippen LogP contribution >= 0.6 is 0 Å². The van der Waals surface area contributed by atoms with Gasteiger partial charge < -0.3 is 19.7 Å². The van der Waals surface area contributed by atoms with Crippen molar-refractivity contribution in [2.75, 3.05) is 26.8 Å². The van der Waals surface area contributed by atoms with Crippen LogP contribution in [0.1, 0.15) is 53.2 Å². The normalized spacial score (nSPS) is 18.5. The third-order valence-electron chi connectivity index (χ3n) is 6.17. The van der Waals surface area contributed by atoms with Crippen molar-refractivity contribution in [3.05, 3.63) is 65.2 Å². The first-order valence-corrected chi connectivity index (χ1v) is 11.1. The van der Waals surface area contributed by atoms with Crippen molar-refractivity contribution in [3.8, 4) is 5.75 Å². The van der Waals surface area contributed by atoms with Crippen LogP contribution in [0.3, 0.4) is 0 Å². The molecule has 1 atom stereocenters. The first kappa shape index (κ1) is 21.4. The van der Waals surface area contributed by atoms with Gasteiger partial charge in [-0.1, -0.05) is 24.3 Å². The minimum absolute atomic E-state index is 0.0591. The lowest BCUT2D eigenvalue weighted by Crippen LogP contribution is -2.42. The molecule has 0 radical (unpaired) electrons. The molecule has 1 aliphatic heterocycles. The van der Waals surface area contributed by atoms with Crippen LogP contribution in [0.25, 0.3) is 0 Å². The molecule has 0 bridgehead atoms. The van der Waals surface area contributed by atoms with Gasteiger partial charge in [0.15, 0.2) is 0 Å². The summed E-state index contributed by atoms with van der Waals surface area (Å²) < 4.78 is 11.1. The molecule has 6 nitrogen and oxygen atoms in total. The molecule has 1 aliphatic carbocycles. The number of amides is 2. The van der Waals surface area contributed by atoms with Crippen LogP contribution in [-0.4, -0.2) is 49.6 Å². The van der Waals surface area contributed by atoms with E-state index in [1.54, 1.807) is 7.11 Å². The van der Waals surface area contributed by atoms with E-state index < -0.39 is 0 Å². The molecule has 6 heteroatoms. The van der Waals surface area contributed by atoms with Gasteiger partial charge in [-0.15, -0.1) is 0 Å². The van der Waals surface area contributed by atoms with E-state index in [0.717, 1.165) is 31.4 Å². The smallest absolute Gasteiger partial charge is 0.251 e. The second kappa shape index (κ2) is 9.96. The maximum atomic E-state index is 12.7. The topological polar surface area (TPSA) is 67.9 Å². The zero-order valence-electron chi connectivity index (χ0n) is 18.0. The molecule has 2 aromatic rings. The molecule has 0 spiro atoms. The van der Waals surface area contributed by atoms with E-state index in [0.29, 0.717) is 31.7 Å². The molecule has 2 amide bonds. The Morgan fingerprint density at radius 3 is 2.52 bits per heavy atom. The summed E-state index contributed by atoms with van der Waals surface area (Å²) in [7, 11) is 1.61. The minimum Gasteiger partial charge on any atom is -0.490 e. The molecule has 2 aliphatic rings. The molecule has 1 N–H and O–H groups in total. The predicted octanol–water partition coefficient (Wildman–Crippen LogP) is 3.51. The molecule has 1 saturated heterocycles. The van der Waals surface area contributed by atoms with E-state index in [9.17, 15) is 9.59 Å². The Morgan fingerprint density at radius 2 is 1.77 bits per heavy atom. The van der Waals surface area contributed by atoms with Crippen LogP contribution in [-0.2, 0) is 16.0 Å². The quantitative estimate of drug-likeness (QED) is 0.742. The van der Waals surface area contributed by atoms with Crippen molar-refractivity contribution in [2.24, 2.45) is 0 Å². The molecular formula is C25H30N2O4. The highest BCUT2D eigenvalue weighted by molar-refractivity contribution is 5.94. The Kier molecular flexibility index (Phi) is 6.87. The van der Waals surface area contributed by atoms with Gasteiger partial charge in [-0.25, -0.2) is 0 Å². The van der Waals surface area contributed by atoms with Gasteiger partial charge in [0.25, 0.3) is 5.91 Å². The summed E-state index contributed by atoms with van der Waals surface area (Å²) >= 11 is 0. The van der Waals surface area contributed by atoms with Gasteiger partial charge in [0.2, 0.25) is 5.91 Å². The fourth-order valence-corrected chi connectivity index (χ4v) is 4.40. The van der Waals surface area contributed by atoms with Gasteiger partial charge in [0.05, 0.1) is 19.1 Å². The Labute approximate surface area is 183 Å². The number of hydrogen-bond acceptors (Lipinski definition) is 4. The number of methoxy groups -OCH3 is 1. The highest BCUT2D eigenvalue weighted by Gasteiger charge is 2.25. The first-order valence-electron chi connectivity index (χ1n) is 11.1. The molecule has 0 saturated carbocycles. The predicted molar refractivity (Wildman–Crippen MR) is 118 cm³/mol. The number of nitrogens with one attached hydrogen (secondary N) is 1. The highest BCUT2D eigenvalue weighted by atomic mass is 16.5. The molecule has 31 heavy (non-hydrogen) atoms. The number of benzene rings is 2. The molecule has 2 aromatic carbocycles. The van der Waals surface area contributed by atoms with E-state index in [1.807, 2.05) is 41.3 Å². The second-order valence-corrected chi connectivity index (χ2v) is 8.23. The number of rotatable bonds is 7. The number of ether oxygens (including phenoxy) is 2. The lowest BCUT2D eigenvalue weighted by molar-refractivity contribution is -0.133. The summed E-state index contributed by atoms with van der Waals surface area (Å²) in [6.45, 7) is 1.87. The number of piperidine rings is 1. The van der Waals surface area contributed by atoms with Gasteiger partial charge in [-0.3, -0.25) is 9.59 Å².